The largest absolute Gasteiger partial charge is 0.445 e. The molecular formula is C16H27NO2. The predicted octanol–water partition coefficient (Wildman–Crippen LogP) is 4.50. The summed E-state index contributed by atoms with van der Waals surface area (Å²) < 4.78 is 4.66. The van der Waals surface area contributed by atoms with E-state index in [2.05, 4.69) is 37.7 Å². The van der Waals surface area contributed by atoms with Gasteiger partial charge in [-0.1, -0.05) is 28.9 Å². The minimum absolute atomic E-state index is 0.268. The van der Waals surface area contributed by atoms with Crippen LogP contribution in [0.1, 0.15) is 53.4 Å². The van der Waals surface area contributed by atoms with E-state index in [4.69, 9.17) is 5.73 Å². The van der Waals surface area contributed by atoms with Gasteiger partial charge in [-0.05, 0) is 59.5 Å². The summed E-state index contributed by atoms with van der Waals surface area (Å²) in [7, 11) is 0. The van der Waals surface area contributed by atoms with Gasteiger partial charge in [-0.25, -0.2) is 4.79 Å². The first-order valence-corrected chi connectivity index (χ1v) is 6.78. The van der Waals surface area contributed by atoms with E-state index >= 15 is 0 Å². The Morgan fingerprint density at radius 2 is 1.47 bits per heavy atom. The van der Waals surface area contributed by atoms with Crippen LogP contribution in [0.5, 0.6) is 0 Å². The Kier molecular flexibility index (Phi) is 9.59. The molecule has 0 aromatic heterocycles. The number of carbonyl (C=O) groups excluding carboxylic acids is 1. The molecule has 3 nitrogen and oxygen atoms in total. The number of rotatable bonds is 8. The quantitative estimate of drug-likeness (QED) is 0.657. The zero-order valence-electron chi connectivity index (χ0n) is 12.7. The first-order chi connectivity index (χ1) is 8.91. The van der Waals surface area contributed by atoms with E-state index < -0.39 is 6.09 Å². The molecule has 0 aliphatic heterocycles. The summed E-state index contributed by atoms with van der Waals surface area (Å²) in [6, 6.07) is 0. The van der Waals surface area contributed by atoms with Crippen molar-refractivity contribution in [3.63, 3.8) is 0 Å². The predicted molar refractivity (Wildman–Crippen MR) is 80.9 cm³/mol. The number of carbonyl (C=O) groups is 1. The number of hydrogen-bond donors (Lipinski definition) is 1. The van der Waals surface area contributed by atoms with Crippen LogP contribution in [-0.2, 0) is 4.74 Å². The second-order valence-corrected chi connectivity index (χ2v) is 5.09. The second-order valence-electron chi connectivity index (χ2n) is 5.09. The van der Waals surface area contributed by atoms with Gasteiger partial charge in [0.1, 0.15) is 6.61 Å². The van der Waals surface area contributed by atoms with E-state index in [9.17, 15) is 4.79 Å². The van der Waals surface area contributed by atoms with Crippen molar-refractivity contribution in [3.8, 4) is 0 Å². The van der Waals surface area contributed by atoms with E-state index in [1.807, 2.05) is 13.0 Å². The third-order valence-corrected chi connectivity index (χ3v) is 2.78. The molecule has 0 unspecified atom stereocenters. The maximum Gasteiger partial charge on any atom is 0.404 e. The minimum Gasteiger partial charge on any atom is -0.445 e. The Balaban J connectivity index is 3.86. The van der Waals surface area contributed by atoms with Crippen LogP contribution in [0.3, 0.4) is 0 Å². The van der Waals surface area contributed by atoms with Gasteiger partial charge >= 0.3 is 6.09 Å². The van der Waals surface area contributed by atoms with E-state index in [-0.39, 0.29) is 6.61 Å². The molecule has 0 heterocycles. The first kappa shape index (κ1) is 17.5. The van der Waals surface area contributed by atoms with Crippen molar-refractivity contribution in [1.82, 2.24) is 0 Å². The third kappa shape index (κ3) is 12.7. The summed E-state index contributed by atoms with van der Waals surface area (Å²) in [5.74, 6) is 0. The van der Waals surface area contributed by atoms with Crippen molar-refractivity contribution < 1.29 is 9.53 Å². The minimum atomic E-state index is -0.723. The van der Waals surface area contributed by atoms with Crippen LogP contribution in [0.25, 0.3) is 0 Å². The molecule has 0 bridgehead atoms. The van der Waals surface area contributed by atoms with Gasteiger partial charge in [0.15, 0.2) is 0 Å². The number of primary amides is 1. The zero-order valence-corrected chi connectivity index (χ0v) is 12.7. The van der Waals surface area contributed by atoms with Crippen LogP contribution in [0.15, 0.2) is 34.9 Å². The maximum atomic E-state index is 10.4. The van der Waals surface area contributed by atoms with Crippen LogP contribution >= 0.6 is 0 Å². The summed E-state index contributed by atoms with van der Waals surface area (Å²) >= 11 is 0. The van der Waals surface area contributed by atoms with Gasteiger partial charge in [0, 0.05) is 0 Å². The molecule has 1 amide bonds. The third-order valence-electron chi connectivity index (χ3n) is 2.78. The van der Waals surface area contributed by atoms with Crippen LogP contribution in [0.4, 0.5) is 4.79 Å². The summed E-state index contributed by atoms with van der Waals surface area (Å²) in [6.45, 7) is 8.73. The van der Waals surface area contributed by atoms with E-state index in [1.54, 1.807) is 0 Å². The summed E-state index contributed by atoms with van der Waals surface area (Å²) in [5, 5.41) is 0. The molecule has 0 rings (SSSR count). The second kappa shape index (κ2) is 10.4. The van der Waals surface area contributed by atoms with Gasteiger partial charge in [-0.3, -0.25) is 0 Å². The molecule has 0 aliphatic carbocycles. The molecule has 0 radical (unpaired) electrons. The Bertz CT molecular complexity index is 361. The molecule has 0 spiro atoms. The maximum absolute atomic E-state index is 10.4. The Morgan fingerprint density at radius 1 is 0.947 bits per heavy atom. The zero-order chi connectivity index (χ0) is 14.7. The summed E-state index contributed by atoms with van der Waals surface area (Å²) in [4.78, 5) is 10.4. The molecule has 0 atom stereocenters. The molecule has 108 valence electrons. The molecule has 0 aromatic rings. The molecule has 2 N–H and O–H groups in total. The van der Waals surface area contributed by atoms with Crippen LogP contribution in [-0.4, -0.2) is 12.7 Å². The smallest absolute Gasteiger partial charge is 0.404 e. The Labute approximate surface area is 117 Å². The lowest BCUT2D eigenvalue weighted by atomic mass is 10.1. The van der Waals surface area contributed by atoms with Crippen LogP contribution in [0, 0.1) is 0 Å². The van der Waals surface area contributed by atoms with Gasteiger partial charge in [0.25, 0.3) is 0 Å². The Morgan fingerprint density at radius 3 is 2.00 bits per heavy atom. The van der Waals surface area contributed by atoms with E-state index in [1.165, 1.54) is 16.7 Å². The van der Waals surface area contributed by atoms with Crippen LogP contribution in [0.2, 0.25) is 0 Å². The lowest BCUT2D eigenvalue weighted by molar-refractivity contribution is 0.169. The first-order valence-electron chi connectivity index (χ1n) is 6.78. The van der Waals surface area contributed by atoms with Gasteiger partial charge in [0.05, 0.1) is 0 Å². The molecule has 0 saturated carbocycles. The average Bonchev–Trinajstić information content (AvgIpc) is 2.27. The number of hydrogen-bond acceptors (Lipinski definition) is 2. The highest BCUT2D eigenvalue weighted by molar-refractivity contribution is 5.64. The van der Waals surface area contributed by atoms with Crippen molar-refractivity contribution in [3.05, 3.63) is 34.9 Å². The fourth-order valence-electron chi connectivity index (χ4n) is 1.60. The number of allylic oxidation sites excluding steroid dienone is 5. The van der Waals surface area contributed by atoms with Crippen molar-refractivity contribution in [2.24, 2.45) is 5.73 Å². The number of nitrogens with two attached hydrogens (primary N) is 1. The SMILES string of the molecule is CC(C)=CCC/C(C)=C\CC/C(C)=C\COC(N)=O. The summed E-state index contributed by atoms with van der Waals surface area (Å²) in [6.07, 6.45) is 9.98. The van der Waals surface area contributed by atoms with Crippen molar-refractivity contribution >= 4 is 6.09 Å². The topological polar surface area (TPSA) is 52.3 Å². The van der Waals surface area contributed by atoms with Gasteiger partial charge < -0.3 is 10.5 Å². The normalized spacial score (nSPS) is 12.2. The number of amides is 1. The van der Waals surface area contributed by atoms with Gasteiger partial charge in [-0.15, -0.1) is 0 Å². The molecule has 19 heavy (non-hydrogen) atoms. The van der Waals surface area contributed by atoms with Gasteiger partial charge in [-0.2, -0.15) is 0 Å². The van der Waals surface area contributed by atoms with Crippen molar-refractivity contribution in [2.45, 2.75) is 53.4 Å². The highest BCUT2D eigenvalue weighted by Crippen LogP contribution is 2.11. The van der Waals surface area contributed by atoms with E-state index in [0.717, 1.165) is 25.7 Å². The molecule has 0 aromatic carbocycles. The molecule has 0 aliphatic rings. The highest BCUT2D eigenvalue weighted by atomic mass is 16.5. The monoisotopic (exact) mass is 265 g/mol. The molecular weight excluding hydrogens is 238 g/mol. The summed E-state index contributed by atoms with van der Waals surface area (Å²) in [5.41, 5.74) is 8.90. The van der Waals surface area contributed by atoms with Crippen molar-refractivity contribution in [2.75, 3.05) is 6.61 Å². The molecule has 0 fully saturated rings. The molecule has 0 saturated heterocycles. The van der Waals surface area contributed by atoms with Gasteiger partial charge in [0.2, 0.25) is 0 Å². The lowest BCUT2D eigenvalue weighted by Gasteiger charge is -2.02. The fourth-order valence-corrected chi connectivity index (χ4v) is 1.60. The van der Waals surface area contributed by atoms with E-state index in [0.29, 0.717) is 0 Å². The van der Waals surface area contributed by atoms with Crippen molar-refractivity contribution in [1.29, 1.82) is 0 Å². The highest BCUT2D eigenvalue weighted by Gasteiger charge is 1.93. The average molecular weight is 265 g/mol. The molecule has 3 heteroatoms. The van der Waals surface area contributed by atoms with Crippen LogP contribution < -0.4 is 5.73 Å². The standard InChI is InChI=1S/C16H27NO2/c1-13(2)7-5-8-14(3)9-6-10-15(4)11-12-19-16(17)18/h7,9,11H,5-6,8,10,12H2,1-4H3,(H2,17,18)/b14-9-,15-11-. The lowest BCUT2D eigenvalue weighted by Crippen LogP contribution is -2.12. The fraction of sp³-hybridized carbons (Fsp3) is 0.562. The Hall–Kier alpha value is -1.51. The number of ether oxygens (including phenoxy) is 1.